The van der Waals surface area contributed by atoms with Gasteiger partial charge in [0.1, 0.15) is 12.4 Å². The van der Waals surface area contributed by atoms with Crippen LogP contribution in [0, 0.1) is 0 Å². The zero-order chi connectivity index (χ0) is 17.5. The number of rotatable bonds is 4. The molecule has 0 fully saturated rings. The van der Waals surface area contributed by atoms with Crippen molar-refractivity contribution >= 4 is 16.8 Å². The molecule has 0 saturated heterocycles. The van der Waals surface area contributed by atoms with Crippen molar-refractivity contribution in [3.63, 3.8) is 0 Å². The van der Waals surface area contributed by atoms with E-state index in [4.69, 9.17) is 4.74 Å². The minimum atomic E-state index is 0.671. The number of hydrogen-bond donors (Lipinski definition) is 0. The average Bonchev–Trinajstić information content (AvgIpc) is 3.08. The number of ether oxygens (including phenoxy) is 1. The summed E-state index contributed by atoms with van der Waals surface area (Å²) in [5.74, 6) is 1.07. The Bertz CT molecular complexity index is 1030. The Morgan fingerprint density at radius 2 is 1.88 bits per heavy atom. The average molecular weight is 340 g/mol. The summed E-state index contributed by atoms with van der Waals surface area (Å²) < 4.78 is 6.06. The van der Waals surface area contributed by atoms with Gasteiger partial charge in [-0.2, -0.15) is 0 Å². The van der Waals surface area contributed by atoms with Gasteiger partial charge in [0.15, 0.2) is 0 Å². The van der Waals surface area contributed by atoms with E-state index in [9.17, 15) is 0 Å². The smallest absolute Gasteiger partial charge is 0.135 e. The molecule has 1 nitrogen and oxygen atoms in total. The molecule has 5 rings (SSSR count). The molecular weight excluding hydrogens is 316 g/mol. The topological polar surface area (TPSA) is 9.23 Å². The fraction of sp³-hybridized carbons (Fsp3) is 0.280. The summed E-state index contributed by atoms with van der Waals surface area (Å²) in [4.78, 5) is 0. The Kier molecular flexibility index (Phi) is 3.81. The summed E-state index contributed by atoms with van der Waals surface area (Å²) >= 11 is 0. The maximum atomic E-state index is 6.06. The predicted molar refractivity (Wildman–Crippen MR) is 110 cm³/mol. The Morgan fingerprint density at radius 3 is 2.77 bits per heavy atom. The van der Waals surface area contributed by atoms with E-state index in [1.54, 1.807) is 0 Å². The van der Waals surface area contributed by atoms with Crippen LogP contribution in [0.15, 0.2) is 48.5 Å². The quantitative estimate of drug-likeness (QED) is 0.383. The van der Waals surface area contributed by atoms with Crippen molar-refractivity contribution in [3.8, 4) is 16.9 Å². The van der Waals surface area contributed by atoms with Crippen LogP contribution in [0.4, 0.5) is 0 Å². The monoisotopic (exact) mass is 340 g/mol. The number of benzene rings is 3. The maximum absolute atomic E-state index is 6.06. The van der Waals surface area contributed by atoms with E-state index < -0.39 is 0 Å². The normalized spacial score (nSPS) is 14.0. The molecule has 0 atom stereocenters. The molecule has 1 aliphatic heterocycles. The third-order valence-electron chi connectivity index (χ3n) is 5.80. The summed E-state index contributed by atoms with van der Waals surface area (Å²) in [5, 5.41) is 2.58. The Hall–Kier alpha value is -2.54. The highest BCUT2D eigenvalue weighted by molar-refractivity contribution is 6.07. The van der Waals surface area contributed by atoms with Gasteiger partial charge in [0.25, 0.3) is 0 Å². The standard InChI is InChI=1S/C25H24O/c1-2-3-4-8-17-12-13-18-16-23-21-11-7-14-26-25(21)20-10-6-5-9-19(20)24(23)22(18)15-17/h5-7,9-13,15H,2-4,8,14,16H2,1H3. The van der Waals surface area contributed by atoms with Crippen molar-refractivity contribution in [2.75, 3.05) is 6.61 Å². The summed E-state index contributed by atoms with van der Waals surface area (Å²) in [6.45, 7) is 2.94. The fourth-order valence-corrected chi connectivity index (χ4v) is 4.53. The second-order valence-corrected chi connectivity index (χ2v) is 7.48. The third-order valence-corrected chi connectivity index (χ3v) is 5.80. The molecule has 0 N–H and O–H groups in total. The predicted octanol–water partition coefficient (Wildman–Crippen LogP) is 6.55. The molecule has 0 saturated carbocycles. The van der Waals surface area contributed by atoms with Gasteiger partial charge in [0, 0.05) is 10.9 Å². The van der Waals surface area contributed by atoms with Crippen LogP contribution in [-0.4, -0.2) is 6.61 Å². The maximum Gasteiger partial charge on any atom is 0.135 e. The summed E-state index contributed by atoms with van der Waals surface area (Å²) in [6.07, 6.45) is 10.5. The highest BCUT2D eigenvalue weighted by Crippen LogP contribution is 2.48. The second kappa shape index (κ2) is 6.32. The molecular formula is C25H24O. The van der Waals surface area contributed by atoms with Gasteiger partial charge in [-0.1, -0.05) is 68.3 Å². The SMILES string of the molecule is CCCCCc1ccc2c(c1)-c1c(c3c(c4ccccc14)OCC=C3)C2. The van der Waals surface area contributed by atoms with Gasteiger partial charge in [-0.25, -0.2) is 0 Å². The lowest BCUT2D eigenvalue weighted by Gasteiger charge is -2.20. The van der Waals surface area contributed by atoms with Crippen molar-refractivity contribution in [2.45, 2.75) is 39.0 Å². The van der Waals surface area contributed by atoms with Crippen LogP contribution < -0.4 is 4.74 Å². The molecule has 0 aromatic heterocycles. The fourth-order valence-electron chi connectivity index (χ4n) is 4.53. The second-order valence-electron chi connectivity index (χ2n) is 7.48. The van der Waals surface area contributed by atoms with Crippen LogP contribution in [-0.2, 0) is 12.8 Å². The van der Waals surface area contributed by atoms with Crippen LogP contribution in [0.2, 0.25) is 0 Å². The van der Waals surface area contributed by atoms with Gasteiger partial charge in [0.2, 0.25) is 0 Å². The first-order chi connectivity index (χ1) is 12.9. The van der Waals surface area contributed by atoms with E-state index in [0.29, 0.717) is 6.61 Å². The van der Waals surface area contributed by atoms with Crippen molar-refractivity contribution in [1.29, 1.82) is 0 Å². The lowest BCUT2D eigenvalue weighted by molar-refractivity contribution is 0.362. The minimum Gasteiger partial charge on any atom is -0.488 e. The first kappa shape index (κ1) is 15.7. The molecule has 0 bridgehead atoms. The minimum absolute atomic E-state index is 0.671. The number of hydrogen-bond acceptors (Lipinski definition) is 1. The molecule has 3 aromatic carbocycles. The molecule has 3 aromatic rings. The first-order valence-corrected chi connectivity index (χ1v) is 9.86. The van der Waals surface area contributed by atoms with Crippen LogP contribution in [0.5, 0.6) is 5.75 Å². The molecule has 1 aliphatic carbocycles. The summed E-state index contributed by atoms with van der Waals surface area (Å²) in [5.41, 5.74) is 8.52. The number of fused-ring (bicyclic) bond motifs is 8. The van der Waals surface area contributed by atoms with Crippen molar-refractivity contribution in [2.24, 2.45) is 0 Å². The van der Waals surface area contributed by atoms with E-state index in [1.807, 2.05) is 0 Å². The Morgan fingerprint density at radius 1 is 1.00 bits per heavy atom. The third kappa shape index (κ3) is 2.38. The molecule has 0 radical (unpaired) electrons. The van der Waals surface area contributed by atoms with Gasteiger partial charge >= 0.3 is 0 Å². The molecule has 1 heterocycles. The van der Waals surface area contributed by atoms with Gasteiger partial charge in [0.05, 0.1) is 0 Å². The van der Waals surface area contributed by atoms with Gasteiger partial charge in [-0.15, -0.1) is 0 Å². The van der Waals surface area contributed by atoms with Crippen molar-refractivity contribution < 1.29 is 4.74 Å². The highest BCUT2D eigenvalue weighted by atomic mass is 16.5. The van der Waals surface area contributed by atoms with Crippen molar-refractivity contribution in [1.82, 2.24) is 0 Å². The summed E-state index contributed by atoms with van der Waals surface area (Å²) in [6, 6.07) is 15.9. The Balaban J connectivity index is 1.71. The van der Waals surface area contributed by atoms with E-state index in [2.05, 4.69) is 61.5 Å². The zero-order valence-corrected chi connectivity index (χ0v) is 15.3. The number of unbranched alkanes of at least 4 members (excludes halogenated alkanes) is 2. The van der Waals surface area contributed by atoms with Gasteiger partial charge in [-0.3, -0.25) is 0 Å². The lowest BCUT2D eigenvalue weighted by Crippen LogP contribution is -2.04. The molecule has 0 unspecified atom stereocenters. The molecule has 130 valence electrons. The van der Waals surface area contributed by atoms with Gasteiger partial charge < -0.3 is 4.74 Å². The van der Waals surface area contributed by atoms with E-state index >= 15 is 0 Å². The van der Waals surface area contributed by atoms with E-state index in [1.165, 1.54) is 69.8 Å². The van der Waals surface area contributed by atoms with Crippen LogP contribution in [0.1, 0.15) is 48.4 Å². The van der Waals surface area contributed by atoms with Crippen LogP contribution in [0.25, 0.3) is 28.0 Å². The Labute approximate surface area is 155 Å². The molecule has 0 amide bonds. The van der Waals surface area contributed by atoms with E-state index in [0.717, 1.165) is 12.2 Å². The molecule has 2 aliphatic rings. The number of aryl methyl sites for hydroxylation is 1. The zero-order valence-electron chi connectivity index (χ0n) is 15.3. The van der Waals surface area contributed by atoms with Crippen LogP contribution in [0.3, 0.4) is 0 Å². The van der Waals surface area contributed by atoms with Crippen molar-refractivity contribution in [3.05, 3.63) is 70.8 Å². The largest absolute Gasteiger partial charge is 0.488 e. The lowest BCUT2D eigenvalue weighted by atomic mass is 9.91. The molecule has 26 heavy (non-hydrogen) atoms. The highest BCUT2D eigenvalue weighted by Gasteiger charge is 2.27. The first-order valence-electron chi connectivity index (χ1n) is 9.86. The summed E-state index contributed by atoms with van der Waals surface area (Å²) in [7, 11) is 0. The van der Waals surface area contributed by atoms with Gasteiger partial charge in [-0.05, 0) is 58.5 Å². The van der Waals surface area contributed by atoms with E-state index in [-0.39, 0.29) is 0 Å². The molecule has 0 spiro atoms. The molecule has 1 heteroatoms. The van der Waals surface area contributed by atoms with Crippen LogP contribution >= 0.6 is 0 Å².